The number of benzene rings is 1. The summed E-state index contributed by atoms with van der Waals surface area (Å²) in [7, 11) is 0. The highest BCUT2D eigenvalue weighted by Gasteiger charge is 2.23. The number of hydrogen-bond donors (Lipinski definition) is 2. The summed E-state index contributed by atoms with van der Waals surface area (Å²) in [5, 5.41) is 6.33. The lowest BCUT2D eigenvalue weighted by molar-refractivity contribution is -0.123. The van der Waals surface area contributed by atoms with Crippen LogP contribution in [-0.2, 0) is 4.79 Å². The molecule has 1 aromatic carbocycles. The molecule has 1 aliphatic heterocycles. The van der Waals surface area contributed by atoms with Gasteiger partial charge in [0.15, 0.2) is 6.61 Å². The summed E-state index contributed by atoms with van der Waals surface area (Å²) < 4.78 is 5.60. The average Bonchev–Trinajstić information content (AvgIpc) is 3.30. The lowest BCUT2D eigenvalue weighted by Crippen LogP contribution is -2.30. The third-order valence-electron chi connectivity index (χ3n) is 4.33. The van der Waals surface area contributed by atoms with E-state index in [4.69, 9.17) is 4.74 Å². The molecular formula is C17H25ClN2O2. The van der Waals surface area contributed by atoms with Gasteiger partial charge in [0.05, 0.1) is 0 Å². The third-order valence-corrected chi connectivity index (χ3v) is 4.33. The van der Waals surface area contributed by atoms with Crippen LogP contribution in [0.3, 0.4) is 0 Å². The van der Waals surface area contributed by atoms with E-state index in [1.807, 2.05) is 6.07 Å². The Kier molecular flexibility index (Phi) is 6.09. The van der Waals surface area contributed by atoms with Crippen molar-refractivity contribution in [2.24, 2.45) is 0 Å². The zero-order valence-corrected chi connectivity index (χ0v) is 13.9. The van der Waals surface area contributed by atoms with E-state index in [1.54, 1.807) is 0 Å². The number of carbonyl (C=O) groups is 1. The first-order chi connectivity index (χ1) is 10.2. The zero-order chi connectivity index (χ0) is 14.7. The Morgan fingerprint density at radius 1 is 1.27 bits per heavy atom. The van der Waals surface area contributed by atoms with Crippen LogP contribution in [0.5, 0.6) is 5.75 Å². The molecule has 0 unspecified atom stereocenters. The van der Waals surface area contributed by atoms with Crippen LogP contribution in [0.4, 0.5) is 0 Å². The van der Waals surface area contributed by atoms with Gasteiger partial charge in [0.1, 0.15) is 5.75 Å². The molecular weight excluding hydrogens is 300 g/mol. The Labute approximate surface area is 138 Å². The molecule has 0 aromatic heterocycles. The van der Waals surface area contributed by atoms with Gasteiger partial charge in [-0.2, -0.15) is 0 Å². The molecule has 2 aliphatic rings. The van der Waals surface area contributed by atoms with Crippen LogP contribution in [-0.4, -0.2) is 31.6 Å². The van der Waals surface area contributed by atoms with Gasteiger partial charge in [-0.05, 0) is 74.9 Å². The topological polar surface area (TPSA) is 50.4 Å². The second-order valence-electron chi connectivity index (χ2n) is 6.17. The van der Waals surface area contributed by atoms with Crippen molar-refractivity contribution in [1.29, 1.82) is 0 Å². The fourth-order valence-electron chi connectivity index (χ4n) is 2.97. The van der Waals surface area contributed by atoms with Crippen molar-refractivity contribution < 1.29 is 9.53 Å². The summed E-state index contributed by atoms with van der Waals surface area (Å²) in [6.45, 7) is 4.45. The van der Waals surface area contributed by atoms with Crippen molar-refractivity contribution in [2.45, 2.75) is 44.6 Å². The van der Waals surface area contributed by atoms with Crippen LogP contribution in [0.2, 0.25) is 0 Å². The first-order valence-corrected chi connectivity index (χ1v) is 7.96. The fraction of sp³-hybridized carbons (Fsp3) is 0.588. The molecule has 0 atom stereocenters. The average molecular weight is 325 g/mol. The van der Waals surface area contributed by atoms with Gasteiger partial charge in [0.2, 0.25) is 0 Å². The van der Waals surface area contributed by atoms with Gasteiger partial charge in [-0.1, -0.05) is 6.07 Å². The number of aryl methyl sites for hydroxylation is 1. The Morgan fingerprint density at radius 2 is 2.00 bits per heavy atom. The molecule has 5 heteroatoms. The second kappa shape index (κ2) is 7.84. The molecule has 1 aromatic rings. The first-order valence-electron chi connectivity index (χ1n) is 7.96. The molecule has 1 amide bonds. The number of carbonyl (C=O) groups excluding carboxylic acids is 1. The molecule has 2 N–H and O–H groups in total. The predicted molar refractivity (Wildman–Crippen MR) is 89.9 cm³/mol. The maximum absolute atomic E-state index is 11.6. The molecule has 3 rings (SSSR count). The van der Waals surface area contributed by atoms with Crippen LogP contribution in [0, 0.1) is 6.92 Å². The summed E-state index contributed by atoms with van der Waals surface area (Å²) in [6, 6.07) is 6.61. The normalized spacial score (nSPS) is 18.4. The van der Waals surface area contributed by atoms with Crippen molar-refractivity contribution in [1.82, 2.24) is 10.6 Å². The van der Waals surface area contributed by atoms with Crippen molar-refractivity contribution in [3.05, 3.63) is 29.3 Å². The van der Waals surface area contributed by atoms with E-state index in [9.17, 15) is 4.79 Å². The van der Waals surface area contributed by atoms with Gasteiger partial charge in [0.25, 0.3) is 5.91 Å². The minimum absolute atomic E-state index is 0. The highest BCUT2D eigenvalue weighted by Crippen LogP contribution is 2.30. The van der Waals surface area contributed by atoms with Gasteiger partial charge in [-0.25, -0.2) is 0 Å². The van der Waals surface area contributed by atoms with Crippen molar-refractivity contribution in [2.75, 3.05) is 19.7 Å². The number of hydrogen-bond acceptors (Lipinski definition) is 3. The number of halogens is 1. The highest BCUT2D eigenvalue weighted by molar-refractivity contribution is 5.85. The van der Waals surface area contributed by atoms with E-state index in [2.05, 4.69) is 29.7 Å². The first kappa shape index (κ1) is 17.1. The molecule has 1 saturated heterocycles. The minimum atomic E-state index is -0.0161. The van der Waals surface area contributed by atoms with E-state index in [1.165, 1.54) is 24.0 Å². The molecule has 0 radical (unpaired) electrons. The maximum Gasteiger partial charge on any atom is 0.258 e. The number of amides is 1. The lowest BCUT2D eigenvalue weighted by Gasteiger charge is -2.24. The summed E-state index contributed by atoms with van der Waals surface area (Å²) in [5.74, 6) is 1.42. The molecule has 2 fully saturated rings. The fourth-order valence-corrected chi connectivity index (χ4v) is 2.97. The third kappa shape index (κ3) is 4.62. The maximum atomic E-state index is 11.6. The molecule has 0 bridgehead atoms. The van der Waals surface area contributed by atoms with Gasteiger partial charge in [-0.15, -0.1) is 12.4 Å². The summed E-state index contributed by atoms with van der Waals surface area (Å²) in [5.41, 5.74) is 2.69. The van der Waals surface area contributed by atoms with Gasteiger partial charge in [-0.3, -0.25) is 4.79 Å². The van der Waals surface area contributed by atoms with Crippen LogP contribution >= 0.6 is 12.4 Å². The van der Waals surface area contributed by atoms with Crippen molar-refractivity contribution >= 4 is 18.3 Å². The summed E-state index contributed by atoms with van der Waals surface area (Å²) >= 11 is 0. The van der Waals surface area contributed by atoms with E-state index in [0.717, 1.165) is 31.7 Å². The quantitative estimate of drug-likeness (QED) is 0.875. The second-order valence-corrected chi connectivity index (χ2v) is 6.17. The zero-order valence-electron chi connectivity index (χ0n) is 13.1. The molecule has 0 spiro atoms. The monoisotopic (exact) mass is 324 g/mol. The molecule has 22 heavy (non-hydrogen) atoms. The van der Waals surface area contributed by atoms with E-state index >= 15 is 0 Å². The number of piperidine rings is 1. The number of ether oxygens (including phenoxy) is 1. The van der Waals surface area contributed by atoms with E-state index in [-0.39, 0.29) is 24.9 Å². The molecule has 4 nitrogen and oxygen atoms in total. The van der Waals surface area contributed by atoms with Crippen LogP contribution < -0.4 is 15.4 Å². The largest absolute Gasteiger partial charge is 0.484 e. The van der Waals surface area contributed by atoms with Crippen LogP contribution in [0.25, 0.3) is 0 Å². The van der Waals surface area contributed by atoms with Gasteiger partial charge < -0.3 is 15.4 Å². The molecule has 1 heterocycles. The Balaban J connectivity index is 0.00000176. The Morgan fingerprint density at radius 3 is 2.64 bits per heavy atom. The molecule has 1 saturated carbocycles. The van der Waals surface area contributed by atoms with E-state index in [0.29, 0.717) is 12.0 Å². The summed E-state index contributed by atoms with van der Waals surface area (Å²) in [6.07, 6.45) is 4.61. The van der Waals surface area contributed by atoms with Crippen LogP contribution in [0.1, 0.15) is 42.7 Å². The summed E-state index contributed by atoms with van der Waals surface area (Å²) in [4.78, 5) is 11.6. The van der Waals surface area contributed by atoms with E-state index < -0.39 is 0 Å². The standard InChI is InChI=1S/C17H24N2O2.ClH/c1-12-10-15(21-11-17(20)19-14-2-3-14)4-5-16(12)13-6-8-18-9-7-13;/h4-5,10,13-14,18H,2-3,6-9,11H2,1H3,(H,19,20);1H. The number of rotatable bonds is 5. The Hall–Kier alpha value is -1.26. The number of nitrogens with one attached hydrogen (secondary N) is 2. The molecule has 1 aliphatic carbocycles. The van der Waals surface area contributed by atoms with Gasteiger partial charge in [0, 0.05) is 6.04 Å². The van der Waals surface area contributed by atoms with Crippen molar-refractivity contribution in [3.8, 4) is 5.75 Å². The minimum Gasteiger partial charge on any atom is -0.484 e. The molecule has 122 valence electrons. The Bertz CT molecular complexity index is 511. The lowest BCUT2D eigenvalue weighted by atomic mass is 9.87. The highest BCUT2D eigenvalue weighted by atomic mass is 35.5. The van der Waals surface area contributed by atoms with Crippen LogP contribution in [0.15, 0.2) is 18.2 Å². The predicted octanol–water partition coefficient (Wildman–Crippen LogP) is 2.54. The SMILES string of the molecule is Cc1cc(OCC(=O)NC2CC2)ccc1C1CCNCC1.Cl. The smallest absolute Gasteiger partial charge is 0.258 e. The van der Waals surface area contributed by atoms with Gasteiger partial charge >= 0.3 is 0 Å². The van der Waals surface area contributed by atoms with Crippen molar-refractivity contribution in [3.63, 3.8) is 0 Å².